The second-order valence-corrected chi connectivity index (χ2v) is 13.6. The van der Waals surface area contributed by atoms with Gasteiger partial charge in [-0.15, -0.1) is 0 Å². The van der Waals surface area contributed by atoms with Crippen LogP contribution in [0.15, 0.2) is 48.5 Å². The number of amides is 1. The lowest BCUT2D eigenvalue weighted by molar-refractivity contribution is -0.160. The van der Waals surface area contributed by atoms with Crippen molar-refractivity contribution in [3.8, 4) is 0 Å². The van der Waals surface area contributed by atoms with E-state index >= 15 is 0 Å². The van der Waals surface area contributed by atoms with E-state index in [2.05, 4.69) is 0 Å². The number of carboxylic acids is 1. The SMILES string of the molecule is CCC(CN(C1CC1)S(C)(=O)=O)N1C(=O)[C@@](C)(CC(=O)O)CC(c2cccc(Cl)c2)C1c1ccc(Cl)cc1. The molecule has 2 fully saturated rings. The van der Waals surface area contributed by atoms with Gasteiger partial charge in [0.05, 0.1) is 24.1 Å². The number of sulfonamides is 1. The van der Waals surface area contributed by atoms with E-state index in [1.807, 2.05) is 37.3 Å². The van der Waals surface area contributed by atoms with Crippen LogP contribution in [0.4, 0.5) is 0 Å². The van der Waals surface area contributed by atoms with Crippen molar-refractivity contribution in [1.82, 2.24) is 9.21 Å². The lowest BCUT2D eigenvalue weighted by atomic mass is 9.67. The molecule has 1 N–H and O–H groups in total. The molecule has 4 atom stereocenters. The maximum atomic E-state index is 14.3. The summed E-state index contributed by atoms with van der Waals surface area (Å²) in [5, 5.41) is 10.9. The molecular weight excluding hydrogens is 547 g/mol. The van der Waals surface area contributed by atoms with Gasteiger partial charge in [0.1, 0.15) is 0 Å². The number of aliphatic carboxylic acids is 1. The highest BCUT2D eigenvalue weighted by Crippen LogP contribution is 2.52. The predicted molar refractivity (Wildman–Crippen MR) is 149 cm³/mol. The average Bonchev–Trinajstić information content (AvgIpc) is 3.66. The molecule has 1 aliphatic carbocycles. The van der Waals surface area contributed by atoms with Crippen LogP contribution in [-0.2, 0) is 19.6 Å². The number of halogens is 2. The zero-order chi connectivity index (χ0) is 27.8. The van der Waals surface area contributed by atoms with Gasteiger partial charge in [-0.05, 0) is 61.1 Å². The van der Waals surface area contributed by atoms with Gasteiger partial charge in [-0.2, -0.15) is 4.31 Å². The van der Waals surface area contributed by atoms with E-state index in [4.69, 9.17) is 23.2 Å². The topological polar surface area (TPSA) is 95.0 Å². The van der Waals surface area contributed by atoms with Gasteiger partial charge in [-0.1, -0.05) is 61.3 Å². The summed E-state index contributed by atoms with van der Waals surface area (Å²) < 4.78 is 27.0. The van der Waals surface area contributed by atoms with E-state index in [1.54, 1.807) is 30.0 Å². The van der Waals surface area contributed by atoms with Crippen molar-refractivity contribution in [3.63, 3.8) is 0 Å². The molecule has 3 unspecified atom stereocenters. The first-order chi connectivity index (χ1) is 17.8. The first-order valence-electron chi connectivity index (χ1n) is 12.9. The number of hydrogen-bond donors (Lipinski definition) is 1. The normalized spacial score (nSPS) is 25.0. The lowest BCUT2D eigenvalue weighted by Crippen LogP contribution is -2.58. The van der Waals surface area contributed by atoms with Gasteiger partial charge in [0.25, 0.3) is 0 Å². The highest BCUT2D eigenvalue weighted by atomic mass is 35.5. The van der Waals surface area contributed by atoms with Crippen LogP contribution in [0.1, 0.15) is 69.0 Å². The van der Waals surface area contributed by atoms with Gasteiger partial charge in [-0.25, -0.2) is 8.42 Å². The third kappa shape index (κ3) is 6.19. The van der Waals surface area contributed by atoms with Crippen LogP contribution in [0, 0.1) is 5.41 Å². The predicted octanol–water partition coefficient (Wildman–Crippen LogP) is 5.73. The van der Waals surface area contributed by atoms with Gasteiger partial charge in [0, 0.05) is 34.6 Å². The largest absolute Gasteiger partial charge is 0.481 e. The summed E-state index contributed by atoms with van der Waals surface area (Å²) in [6, 6.07) is 13.7. The van der Waals surface area contributed by atoms with Crippen LogP contribution < -0.4 is 0 Å². The van der Waals surface area contributed by atoms with Crippen molar-refractivity contribution in [2.75, 3.05) is 12.8 Å². The number of benzene rings is 2. The number of rotatable bonds is 10. The highest BCUT2D eigenvalue weighted by molar-refractivity contribution is 7.88. The number of likely N-dealkylation sites (tertiary alicyclic amines) is 1. The van der Waals surface area contributed by atoms with Crippen molar-refractivity contribution in [1.29, 1.82) is 0 Å². The molecule has 0 radical (unpaired) electrons. The van der Waals surface area contributed by atoms with Crippen LogP contribution in [0.2, 0.25) is 10.0 Å². The summed E-state index contributed by atoms with van der Waals surface area (Å²) in [6.45, 7) is 3.79. The minimum Gasteiger partial charge on any atom is -0.481 e. The molecule has 0 aromatic heterocycles. The summed E-state index contributed by atoms with van der Waals surface area (Å²) in [5.41, 5.74) is 0.550. The molecular formula is C28H34Cl2N2O5S. The molecule has 1 aliphatic heterocycles. The number of hydrogen-bond acceptors (Lipinski definition) is 4. The summed E-state index contributed by atoms with van der Waals surface area (Å²) in [6.07, 6.45) is 3.26. The van der Waals surface area contributed by atoms with E-state index in [0.29, 0.717) is 22.9 Å². The molecule has 0 bridgehead atoms. The fourth-order valence-electron chi connectivity index (χ4n) is 5.82. The molecule has 0 spiro atoms. The fraction of sp³-hybridized carbons (Fsp3) is 0.500. The minimum atomic E-state index is -3.50. The minimum absolute atomic E-state index is 0.0675. The van der Waals surface area contributed by atoms with Crippen molar-refractivity contribution in [2.24, 2.45) is 5.41 Å². The Morgan fingerprint density at radius 3 is 2.32 bits per heavy atom. The quantitative estimate of drug-likeness (QED) is 0.387. The summed E-state index contributed by atoms with van der Waals surface area (Å²) in [7, 11) is -3.50. The Morgan fingerprint density at radius 1 is 1.13 bits per heavy atom. The van der Waals surface area contributed by atoms with E-state index < -0.39 is 33.5 Å². The molecule has 1 heterocycles. The maximum absolute atomic E-state index is 14.3. The molecule has 10 heteroatoms. The maximum Gasteiger partial charge on any atom is 0.304 e. The van der Waals surface area contributed by atoms with Crippen LogP contribution in [0.25, 0.3) is 0 Å². The van der Waals surface area contributed by atoms with Crippen molar-refractivity contribution < 1.29 is 23.1 Å². The van der Waals surface area contributed by atoms with Gasteiger partial charge in [0.2, 0.25) is 15.9 Å². The first-order valence-corrected chi connectivity index (χ1v) is 15.5. The summed E-state index contributed by atoms with van der Waals surface area (Å²) in [4.78, 5) is 28.1. The molecule has 2 aromatic carbocycles. The second-order valence-electron chi connectivity index (χ2n) is 10.8. The molecule has 1 amide bonds. The third-order valence-electron chi connectivity index (χ3n) is 7.77. The molecule has 1 saturated heterocycles. The first kappa shape index (κ1) is 28.9. The Morgan fingerprint density at radius 2 is 1.79 bits per heavy atom. The van der Waals surface area contributed by atoms with Gasteiger partial charge in [-0.3, -0.25) is 9.59 Å². The third-order valence-corrected chi connectivity index (χ3v) is 9.55. The fourth-order valence-corrected chi connectivity index (χ4v) is 7.34. The highest BCUT2D eigenvalue weighted by Gasteiger charge is 2.53. The Balaban J connectivity index is 1.89. The van der Waals surface area contributed by atoms with E-state index in [-0.39, 0.29) is 30.8 Å². The average molecular weight is 582 g/mol. The second kappa shape index (κ2) is 11.2. The monoisotopic (exact) mass is 580 g/mol. The van der Waals surface area contributed by atoms with Crippen LogP contribution in [0.5, 0.6) is 0 Å². The Hall–Kier alpha value is -2.13. The number of carboxylic acid groups (broad SMARTS) is 1. The molecule has 206 valence electrons. The van der Waals surface area contributed by atoms with Crippen LogP contribution in [-0.4, -0.2) is 59.5 Å². The molecule has 2 aliphatic rings. The van der Waals surface area contributed by atoms with Gasteiger partial charge >= 0.3 is 5.97 Å². The van der Waals surface area contributed by atoms with Crippen molar-refractivity contribution >= 4 is 45.1 Å². The molecule has 38 heavy (non-hydrogen) atoms. The number of piperidine rings is 1. The Bertz CT molecular complexity index is 1300. The molecule has 7 nitrogen and oxygen atoms in total. The van der Waals surface area contributed by atoms with Crippen LogP contribution >= 0.6 is 23.2 Å². The zero-order valence-corrected chi connectivity index (χ0v) is 24.1. The smallest absolute Gasteiger partial charge is 0.304 e. The Kier molecular flexibility index (Phi) is 8.48. The molecule has 2 aromatic rings. The van der Waals surface area contributed by atoms with Gasteiger partial charge in [0.15, 0.2) is 0 Å². The van der Waals surface area contributed by atoms with Gasteiger partial charge < -0.3 is 10.0 Å². The lowest BCUT2D eigenvalue weighted by Gasteiger charge is -2.52. The number of carbonyl (C=O) groups is 2. The summed E-state index contributed by atoms with van der Waals surface area (Å²) >= 11 is 12.6. The van der Waals surface area contributed by atoms with Crippen molar-refractivity contribution in [3.05, 3.63) is 69.7 Å². The number of carbonyl (C=O) groups excluding carboxylic acids is 1. The molecule has 1 saturated carbocycles. The van der Waals surface area contributed by atoms with E-state index in [1.165, 1.54) is 10.6 Å². The van der Waals surface area contributed by atoms with Crippen molar-refractivity contribution in [2.45, 2.75) is 70.0 Å². The Labute approximate surface area is 234 Å². The van der Waals surface area contributed by atoms with Crippen LogP contribution in [0.3, 0.4) is 0 Å². The summed E-state index contributed by atoms with van der Waals surface area (Å²) in [5.74, 6) is -1.62. The molecule has 4 rings (SSSR count). The standard InChI is InChI=1S/C28H34Cl2N2O5S/c1-4-22(17-31(23-12-13-23)38(3,36)37)32-26(18-8-10-20(29)11-9-18)24(19-6-5-7-21(30)14-19)15-28(2,27(32)35)16-25(33)34/h5-11,14,22-24,26H,4,12-13,15-17H2,1-3H3,(H,33,34)/t22?,24?,26?,28-/m1/s1. The van der Waals surface area contributed by atoms with E-state index in [0.717, 1.165) is 24.0 Å². The van der Waals surface area contributed by atoms with E-state index in [9.17, 15) is 23.1 Å². The zero-order valence-electron chi connectivity index (χ0n) is 21.8. The number of nitrogens with zero attached hydrogens (tertiary/aromatic N) is 2.